The summed E-state index contributed by atoms with van der Waals surface area (Å²) in [5.41, 5.74) is 1.82. The molecule has 0 saturated carbocycles. The SMILES string of the molecule is CCNC(=NCc1ccc(C(=O)N2CC(C)OC(C)C2)cc1)N(C)CCC1CCOCC1. The molecule has 32 heavy (non-hydrogen) atoms. The minimum Gasteiger partial charge on any atom is -0.381 e. The van der Waals surface area contributed by atoms with E-state index in [1.807, 2.05) is 43.0 Å². The van der Waals surface area contributed by atoms with E-state index in [1.165, 1.54) is 6.42 Å². The largest absolute Gasteiger partial charge is 0.381 e. The molecule has 1 aromatic rings. The Hall–Kier alpha value is -2.12. The zero-order chi connectivity index (χ0) is 22.9. The van der Waals surface area contributed by atoms with Crippen LogP contribution in [-0.2, 0) is 16.0 Å². The van der Waals surface area contributed by atoms with E-state index < -0.39 is 0 Å². The molecule has 0 aliphatic carbocycles. The summed E-state index contributed by atoms with van der Waals surface area (Å²) < 4.78 is 11.2. The van der Waals surface area contributed by atoms with Crippen LogP contribution < -0.4 is 5.32 Å². The lowest BCUT2D eigenvalue weighted by atomic mass is 9.96. The lowest BCUT2D eigenvalue weighted by Crippen LogP contribution is -2.48. The van der Waals surface area contributed by atoms with E-state index in [0.29, 0.717) is 19.6 Å². The molecule has 3 rings (SSSR count). The number of carbonyl (C=O) groups is 1. The molecule has 2 unspecified atom stereocenters. The van der Waals surface area contributed by atoms with Crippen molar-refractivity contribution in [3.8, 4) is 0 Å². The van der Waals surface area contributed by atoms with E-state index in [4.69, 9.17) is 14.5 Å². The summed E-state index contributed by atoms with van der Waals surface area (Å²) in [6.07, 6.45) is 3.64. The number of amides is 1. The van der Waals surface area contributed by atoms with Crippen LogP contribution in [0.4, 0.5) is 0 Å². The highest BCUT2D eigenvalue weighted by atomic mass is 16.5. The van der Waals surface area contributed by atoms with Gasteiger partial charge < -0.3 is 24.6 Å². The molecule has 0 aromatic heterocycles. The highest BCUT2D eigenvalue weighted by Crippen LogP contribution is 2.19. The van der Waals surface area contributed by atoms with Gasteiger partial charge in [0.1, 0.15) is 0 Å². The van der Waals surface area contributed by atoms with Gasteiger partial charge in [-0.15, -0.1) is 0 Å². The zero-order valence-corrected chi connectivity index (χ0v) is 20.2. The summed E-state index contributed by atoms with van der Waals surface area (Å²) in [5, 5.41) is 3.40. The number of aliphatic imine (C=N–C) groups is 1. The molecule has 2 fully saturated rings. The average molecular weight is 445 g/mol. The Morgan fingerprint density at radius 3 is 2.44 bits per heavy atom. The molecular weight excluding hydrogens is 404 g/mol. The molecule has 2 heterocycles. The Morgan fingerprint density at radius 1 is 1.16 bits per heavy atom. The van der Waals surface area contributed by atoms with Crippen molar-refractivity contribution in [2.45, 2.75) is 58.8 Å². The average Bonchev–Trinajstić information content (AvgIpc) is 2.80. The van der Waals surface area contributed by atoms with Crippen LogP contribution in [-0.4, -0.2) is 80.3 Å². The summed E-state index contributed by atoms with van der Waals surface area (Å²) in [6.45, 7) is 11.6. The Balaban J connectivity index is 1.55. The molecule has 1 N–H and O–H groups in total. The van der Waals surface area contributed by atoms with Gasteiger partial charge in [-0.3, -0.25) is 4.79 Å². The second kappa shape index (κ2) is 12.2. The highest BCUT2D eigenvalue weighted by Gasteiger charge is 2.26. The maximum Gasteiger partial charge on any atom is 0.254 e. The number of guanidine groups is 1. The number of morpholine rings is 1. The van der Waals surface area contributed by atoms with Crippen LogP contribution in [0, 0.1) is 5.92 Å². The third kappa shape index (κ3) is 7.20. The molecule has 178 valence electrons. The van der Waals surface area contributed by atoms with Crippen molar-refractivity contribution in [2.24, 2.45) is 10.9 Å². The molecule has 2 saturated heterocycles. The molecule has 1 amide bonds. The number of nitrogens with zero attached hydrogens (tertiary/aromatic N) is 3. The van der Waals surface area contributed by atoms with Gasteiger partial charge in [0.25, 0.3) is 5.91 Å². The van der Waals surface area contributed by atoms with Crippen molar-refractivity contribution in [1.29, 1.82) is 0 Å². The van der Waals surface area contributed by atoms with Crippen LogP contribution >= 0.6 is 0 Å². The first-order chi connectivity index (χ1) is 15.5. The van der Waals surface area contributed by atoms with Gasteiger partial charge in [-0.2, -0.15) is 0 Å². The van der Waals surface area contributed by atoms with Crippen molar-refractivity contribution in [3.63, 3.8) is 0 Å². The van der Waals surface area contributed by atoms with Gasteiger partial charge in [0.2, 0.25) is 0 Å². The van der Waals surface area contributed by atoms with Crippen LogP contribution in [0.15, 0.2) is 29.3 Å². The van der Waals surface area contributed by atoms with Gasteiger partial charge in [-0.25, -0.2) is 4.99 Å². The first-order valence-corrected chi connectivity index (χ1v) is 12.1. The molecule has 0 bridgehead atoms. The van der Waals surface area contributed by atoms with E-state index in [0.717, 1.165) is 62.1 Å². The maximum atomic E-state index is 12.9. The summed E-state index contributed by atoms with van der Waals surface area (Å²) in [5.74, 6) is 1.75. The number of benzene rings is 1. The summed E-state index contributed by atoms with van der Waals surface area (Å²) in [4.78, 5) is 21.8. The Kier molecular flexibility index (Phi) is 9.36. The topological polar surface area (TPSA) is 66.4 Å². The van der Waals surface area contributed by atoms with E-state index >= 15 is 0 Å². The predicted octanol–water partition coefficient (Wildman–Crippen LogP) is 3.15. The van der Waals surface area contributed by atoms with Gasteiger partial charge in [0.15, 0.2) is 5.96 Å². The van der Waals surface area contributed by atoms with Gasteiger partial charge in [0, 0.05) is 52.0 Å². The molecule has 1 aromatic carbocycles. The van der Waals surface area contributed by atoms with Gasteiger partial charge >= 0.3 is 0 Å². The molecule has 2 aliphatic heterocycles. The maximum absolute atomic E-state index is 12.9. The molecule has 0 spiro atoms. The first-order valence-electron chi connectivity index (χ1n) is 12.1. The third-order valence-corrected chi connectivity index (χ3v) is 6.23. The van der Waals surface area contributed by atoms with Crippen LogP contribution in [0.2, 0.25) is 0 Å². The Labute approximate surface area is 193 Å². The van der Waals surface area contributed by atoms with E-state index in [9.17, 15) is 4.79 Å². The number of rotatable bonds is 7. The van der Waals surface area contributed by atoms with Crippen molar-refractivity contribution in [2.75, 3.05) is 46.4 Å². The van der Waals surface area contributed by atoms with Crippen LogP contribution in [0.1, 0.15) is 56.0 Å². The predicted molar refractivity (Wildman–Crippen MR) is 128 cm³/mol. The van der Waals surface area contributed by atoms with Gasteiger partial charge in [0.05, 0.1) is 18.8 Å². The minimum absolute atomic E-state index is 0.0724. The monoisotopic (exact) mass is 444 g/mol. The van der Waals surface area contributed by atoms with Crippen molar-refractivity contribution in [3.05, 3.63) is 35.4 Å². The number of ether oxygens (including phenoxy) is 2. The number of nitrogens with one attached hydrogen (secondary N) is 1. The summed E-state index contributed by atoms with van der Waals surface area (Å²) in [7, 11) is 2.10. The molecule has 7 heteroatoms. The number of hydrogen-bond acceptors (Lipinski definition) is 4. The van der Waals surface area contributed by atoms with E-state index in [-0.39, 0.29) is 18.1 Å². The van der Waals surface area contributed by atoms with E-state index in [2.05, 4.69) is 24.2 Å². The fraction of sp³-hybridized carbons (Fsp3) is 0.680. The van der Waals surface area contributed by atoms with Crippen molar-refractivity contribution < 1.29 is 14.3 Å². The minimum atomic E-state index is 0.0724. The fourth-order valence-corrected chi connectivity index (χ4v) is 4.43. The zero-order valence-electron chi connectivity index (χ0n) is 20.2. The highest BCUT2D eigenvalue weighted by molar-refractivity contribution is 5.94. The second-order valence-electron chi connectivity index (χ2n) is 9.10. The fourth-order valence-electron chi connectivity index (χ4n) is 4.43. The Morgan fingerprint density at radius 2 is 1.81 bits per heavy atom. The lowest BCUT2D eigenvalue weighted by molar-refractivity contribution is -0.0586. The summed E-state index contributed by atoms with van der Waals surface area (Å²) >= 11 is 0. The second-order valence-corrected chi connectivity index (χ2v) is 9.10. The standard InChI is InChI=1S/C25H40N4O3/c1-5-26-25(28(4)13-10-21-11-14-31-15-12-21)27-16-22-6-8-23(9-7-22)24(30)29-17-19(2)32-20(3)18-29/h6-9,19-21H,5,10-18H2,1-4H3,(H,26,27). The summed E-state index contributed by atoms with van der Waals surface area (Å²) in [6, 6.07) is 7.85. The third-order valence-electron chi connectivity index (χ3n) is 6.23. The van der Waals surface area contributed by atoms with Gasteiger partial charge in [-0.1, -0.05) is 12.1 Å². The normalized spacial score (nSPS) is 22.6. The molecule has 2 aliphatic rings. The first kappa shape index (κ1) is 24.5. The number of carbonyl (C=O) groups excluding carboxylic acids is 1. The van der Waals surface area contributed by atoms with Crippen LogP contribution in [0.25, 0.3) is 0 Å². The molecular formula is C25H40N4O3. The van der Waals surface area contributed by atoms with Crippen molar-refractivity contribution >= 4 is 11.9 Å². The van der Waals surface area contributed by atoms with Gasteiger partial charge in [-0.05, 0) is 63.6 Å². The van der Waals surface area contributed by atoms with Crippen molar-refractivity contribution in [1.82, 2.24) is 15.1 Å². The van der Waals surface area contributed by atoms with Crippen LogP contribution in [0.3, 0.4) is 0 Å². The molecule has 2 atom stereocenters. The van der Waals surface area contributed by atoms with Crippen LogP contribution in [0.5, 0.6) is 0 Å². The Bertz CT molecular complexity index is 736. The quantitative estimate of drug-likeness (QED) is 0.517. The lowest BCUT2D eigenvalue weighted by Gasteiger charge is -2.35. The smallest absolute Gasteiger partial charge is 0.254 e. The van der Waals surface area contributed by atoms with E-state index in [1.54, 1.807) is 0 Å². The molecule has 7 nitrogen and oxygen atoms in total. The molecule has 0 radical (unpaired) electrons. The number of hydrogen-bond donors (Lipinski definition) is 1.